The average molecular weight is 269 g/mol. The van der Waals surface area contributed by atoms with Crippen LogP contribution in [0.1, 0.15) is 21.5 Å². The van der Waals surface area contributed by atoms with Gasteiger partial charge in [0.1, 0.15) is 11.5 Å². The Bertz CT molecular complexity index is 660. The molecule has 0 atom stereocenters. The van der Waals surface area contributed by atoms with E-state index in [1.807, 2.05) is 0 Å². The lowest BCUT2D eigenvalue weighted by Gasteiger charge is -2.06. The van der Waals surface area contributed by atoms with Crippen molar-refractivity contribution in [2.24, 2.45) is 5.16 Å². The third-order valence-corrected chi connectivity index (χ3v) is 4.49. The van der Waals surface area contributed by atoms with Crippen molar-refractivity contribution in [2.75, 3.05) is 12.9 Å². The maximum Gasteiger partial charge on any atom is 0.338 e. The predicted octanol–water partition coefficient (Wildman–Crippen LogP) is 0.747. The first-order valence-corrected chi connectivity index (χ1v) is 6.73. The molecule has 0 radical (unpaired) electrons. The van der Waals surface area contributed by atoms with Gasteiger partial charge in [-0.15, -0.1) is 0 Å². The van der Waals surface area contributed by atoms with Crippen LogP contribution < -0.4 is 0 Å². The molecule has 1 aliphatic rings. The van der Waals surface area contributed by atoms with Crippen LogP contribution in [0.15, 0.2) is 22.2 Å². The van der Waals surface area contributed by atoms with Crippen LogP contribution in [0.25, 0.3) is 0 Å². The molecule has 2 rings (SSSR count). The van der Waals surface area contributed by atoms with Gasteiger partial charge in [0.05, 0.1) is 17.6 Å². The van der Waals surface area contributed by atoms with Gasteiger partial charge in [-0.25, -0.2) is 13.2 Å². The number of ether oxygens (including phenoxy) is 1. The van der Waals surface area contributed by atoms with E-state index in [1.54, 1.807) is 6.92 Å². The van der Waals surface area contributed by atoms with E-state index in [2.05, 4.69) is 9.89 Å². The third-order valence-electron chi connectivity index (χ3n) is 2.83. The van der Waals surface area contributed by atoms with Gasteiger partial charge in [0, 0.05) is 5.56 Å². The van der Waals surface area contributed by atoms with E-state index >= 15 is 0 Å². The molecule has 1 aliphatic heterocycles. The number of hydrogen-bond acceptors (Lipinski definition) is 6. The zero-order valence-electron chi connectivity index (χ0n) is 9.80. The fourth-order valence-corrected chi connectivity index (χ4v) is 3.46. The average Bonchev–Trinajstić information content (AvgIpc) is 2.58. The summed E-state index contributed by atoms with van der Waals surface area (Å²) in [5.41, 5.74) is 1.19. The normalized spacial score (nSPS) is 18.7. The van der Waals surface area contributed by atoms with E-state index in [1.165, 1.54) is 19.2 Å². The molecule has 1 aromatic carbocycles. The van der Waals surface area contributed by atoms with Crippen LogP contribution >= 0.6 is 0 Å². The van der Waals surface area contributed by atoms with Crippen molar-refractivity contribution in [1.82, 2.24) is 0 Å². The van der Waals surface area contributed by atoms with Gasteiger partial charge >= 0.3 is 5.97 Å². The number of fused-ring (bicyclic) bond motifs is 1. The number of nitrogens with zero attached hydrogens (tertiary/aromatic N) is 1. The Hall–Kier alpha value is -1.89. The Morgan fingerprint density at radius 1 is 1.44 bits per heavy atom. The van der Waals surface area contributed by atoms with Gasteiger partial charge in [0.15, 0.2) is 9.84 Å². The Balaban J connectivity index is 2.74. The van der Waals surface area contributed by atoms with Crippen LogP contribution in [0.3, 0.4) is 0 Å². The zero-order valence-corrected chi connectivity index (χ0v) is 10.6. The molecule has 0 unspecified atom stereocenters. The summed E-state index contributed by atoms with van der Waals surface area (Å²) in [4.78, 5) is 11.5. The summed E-state index contributed by atoms with van der Waals surface area (Å²) in [6, 6.07) is 2.78. The summed E-state index contributed by atoms with van der Waals surface area (Å²) in [7, 11) is -2.32. The molecule has 18 heavy (non-hydrogen) atoms. The number of rotatable bonds is 1. The maximum absolute atomic E-state index is 11.9. The number of hydrogen-bond donors (Lipinski definition) is 1. The topological polar surface area (TPSA) is 93.0 Å². The van der Waals surface area contributed by atoms with Crippen LogP contribution in [0.4, 0.5) is 0 Å². The first-order chi connectivity index (χ1) is 8.40. The second-order valence-electron chi connectivity index (χ2n) is 3.96. The fourth-order valence-electron chi connectivity index (χ4n) is 1.92. The highest BCUT2D eigenvalue weighted by Gasteiger charge is 2.33. The van der Waals surface area contributed by atoms with Gasteiger partial charge in [0.2, 0.25) is 0 Å². The van der Waals surface area contributed by atoms with Crippen LogP contribution in [0.5, 0.6) is 0 Å². The van der Waals surface area contributed by atoms with Crippen molar-refractivity contribution in [3.05, 3.63) is 28.8 Å². The number of carbonyl (C=O) groups is 1. The van der Waals surface area contributed by atoms with Gasteiger partial charge in [-0.2, -0.15) is 0 Å². The van der Waals surface area contributed by atoms with Gasteiger partial charge in [-0.1, -0.05) is 5.16 Å². The van der Waals surface area contributed by atoms with Crippen molar-refractivity contribution >= 4 is 21.5 Å². The van der Waals surface area contributed by atoms with E-state index in [9.17, 15) is 13.2 Å². The van der Waals surface area contributed by atoms with Crippen molar-refractivity contribution < 1.29 is 23.2 Å². The smallest absolute Gasteiger partial charge is 0.338 e. The first kappa shape index (κ1) is 12.6. The lowest BCUT2D eigenvalue weighted by Crippen LogP contribution is -2.06. The van der Waals surface area contributed by atoms with Gasteiger partial charge < -0.3 is 9.94 Å². The summed E-state index contributed by atoms with van der Waals surface area (Å²) >= 11 is 0. The standard InChI is InChI=1S/C11H11NO5S/c1-6-3-8-9(12-14)5-18(15,16)10(8)4-7(6)11(13)17-2/h3-4,14H,5H2,1-2H3. The molecule has 7 heteroatoms. The van der Waals surface area contributed by atoms with Crippen molar-refractivity contribution in [1.29, 1.82) is 0 Å². The Morgan fingerprint density at radius 3 is 2.67 bits per heavy atom. The van der Waals surface area contributed by atoms with E-state index in [0.717, 1.165) is 0 Å². The largest absolute Gasteiger partial charge is 0.465 e. The number of sulfone groups is 1. The molecule has 0 amide bonds. The maximum atomic E-state index is 11.9. The summed E-state index contributed by atoms with van der Waals surface area (Å²) in [5, 5.41) is 11.8. The predicted molar refractivity (Wildman–Crippen MR) is 62.9 cm³/mol. The van der Waals surface area contributed by atoms with Crippen molar-refractivity contribution in [2.45, 2.75) is 11.8 Å². The van der Waals surface area contributed by atoms with Gasteiger partial charge in [0.25, 0.3) is 0 Å². The fraction of sp³-hybridized carbons (Fsp3) is 0.273. The van der Waals surface area contributed by atoms with E-state index in [-0.39, 0.29) is 21.9 Å². The molecule has 0 saturated carbocycles. The van der Waals surface area contributed by atoms with Crippen LogP contribution in [-0.4, -0.2) is 38.2 Å². The van der Waals surface area contributed by atoms with Crippen molar-refractivity contribution in [3.63, 3.8) is 0 Å². The summed E-state index contributed by atoms with van der Waals surface area (Å²) in [6.45, 7) is 1.66. The number of aryl methyl sites for hydroxylation is 1. The molecule has 0 aromatic heterocycles. The second-order valence-corrected chi connectivity index (χ2v) is 5.92. The number of esters is 1. The van der Waals surface area contributed by atoms with Gasteiger partial charge in [-0.3, -0.25) is 0 Å². The minimum Gasteiger partial charge on any atom is -0.465 e. The SMILES string of the molecule is COC(=O)c1cc2c(cc1C)C(=NO)CS2(=O)=O. The number of carbonyl (C=O) groups excluding carboxylic acids is 1. The summed E-state index contributed by atoms with van der Waals surface area (Å²) in [5.74, 6) is -0.956. The first-order valence-electron chi connectivity index (χ1n) is 5.07. The number of oxime groups is 1. The lowest BCUT2D eigenvalue weighted by molar-refractivity contribution is 0.0599. The monoisotopic (exact) mass is 269 g/mol. The highest BCUT2D eigenvalue weighted by Crippen LogP contribution is 2.29. The molecule has 0 fully saturated rings. The summed E-state index contributed by atoms with van der Waals surface area (Å²) in [6.07, 6.45) is 0. The molecular weight excluding hydrogens is 258 g/mol. The van der Waals surface area contributed by atoms with E-state index in [4.69, 9.17) is 5.21 Å². The lowest BCUT2D eigenvalue weighted by atomic mass is 10.0. The molecule has 0 saturated heterocycles. The molecular formula is C11H11NO5S. The second kappa shape index (κ2) is 4.09. The molecule has 0 aliphatic carbocycles. The minimum atomic E-state index is -3.55. The highest BCUT2D eigenvalue weighted by atomic mass is 32.2. The van der Waals surface area contributed by atoms with Crippen molar-refractivity contribution in [3.8, 4) is 0 Å². The van der Waals surface area contributed by atoms with E-state index < -0.39 is 15.8 Å². The molecule has 0 bridgehead atoms. The molecule has 1 heterocycles. The molecule has 6 nitrogen and oxygen atoms in total. The molecule has 0 spiro atoms. The quantitative estimate of drug-likeness (QED) is 0.461. The Kier molecular flexibility index (Phi) is 2.86. The van der Waals surface area contributed by atoms with Crippen LogP contribution in [0.2, 0.25) is 0 Å². The van der Waals surface area contributed by atoms with Crippen LogP contribution in [0, 0.1) is 6.92 Å². The molecule has 96 valence electrons. The summed E-state index contributed by atoms with van der Waals surface area (Å²) < 4.78 is 28.3. The highest BCUT2D eigenvalue weighted by molar-refractivity contribution is 7.92. The zero-order chi connectivity index (χ0) is 13.5. The third kappa shape index (κ3) is 1.76. The van der Waals surface area contributed by atoms with Crippen LogP contribution in [-0.2, 0) is 14.6 Å². The molecule has 1 N–H and O–H groups in total. The Labute approximate surface area is 104 Å². The Morgan fingerprint density at radius 2 is 2.11 bits per heavy atom. The number of methoxy groups -OCH3 is 1. The van der Waals surface area contributed by atoms with Gasteiger partial charge in [-0.05, 0) is 24.6 Å². The number of benzene rings is 1. The van der Waals surface area contributed by atoms with E-state index in [0.29, 0.717) is 11.1 Å². The molecule has 1 aromatic rings. The minimum absolute atomic E-state index is 0.00120.